The zero-order valence-corrected chi connectivity index (χ0v) is 10.3. The highest BCUT2D eigenvalue weighted by molar-refractivity contribution is 5.18. The largest absolute Gasteiger partial charge is 0.355 e. The van der Waals surface area contributed by atoms with Gasteiger partial charge in [-0.3, -0.25) is 0 Å². The highest BCUT2D eigenvalue weighted by Crippen LogP contribution is 2.12. The third kappa shape index (κ3) is 4.31. The van der Waals surface area contributed by atoms with E-state index < -0.39 is 0 Å². The molecule has 90 valence electrons. The van der Waals surface area contributed by atoms with Crippen molar-refractivity contribution >= 4 is 0 Å². The van der Waals surface area contributed by atoms with Crippen molar-refractivity contribution in [2.75, 3.05) is 27.3 Å². The second-order valence-electron chi connectivity index (χ2n) is 3.87. The average Bonchev–Trinajstić information content (AvgIpc) is 2.35. The Labute approximate surface area is 97.8 Å². The normalized spacial score (nSPS) is 13.0. The lowest BCUT2D eigenvalue weighted by Gasteiger charge is -2.17. The van der Waals surface area contributed by atoms with Crippen molar-refractivity contribution in [2.45, 2.75) is 19.1 Å². The van der Waals surface area contributed by atoms with E-state index in [1.54, 1.807) is 14.2 Å². The molecule has 0 fully saturated rings. The first-order chi connectivity index (χ1) is 7.77. The number of ether oxygens (including phenoxy) is 2. The standard InChI is InChI=1S/C13H21NO2/c1-11(12-7-5-4-6-8-12)9-14-10-13(15-2)16-3/h4-8,11,13-14H,9-10H2,1-3H3. The van der Waals surface area contributed by atoms with Crippen molar-refractivity contribution in [3.8, 4) is 0 Å². The van der Waals surface area contributed by atoms with Gasteiger partial charge in [0.2, 0.25) is 0 Å². The molecule has 0 spiro atoms. The van der Waals surface area contributed by atoms with Gasteiger partial charge in [0.15, 0.2) is 6.29 Å². The number of hydrogen-bond acceptors (Lipinski definition) is 3. The van der Waals surface area contributed by atoms with Crippen LogP contribution < -0.4 is 5.32 Å². The fourth-order valence-electron chi connectivity index (χ4n) is 1.58. The quantitative estimate of drug-likeness (QED) is 0.717. The monoisotopic (exact) mass is 223 g/mol. The summed E-state index contributed by atoms with van der Waals surface area (Å²) >= 11 is 0. The Morgan fingerprint density at radius 3 is 2.25 bits per heavy atom. The van der Waals surface area contributed by atoms with Gasteiger partial charge in [-0.15, -0.1) is 0 Å². The van der Waals surface area contributed by atoms with Crippen LogP contribution in [-0.2, 0) is 9.47 Å². The summed E-state index contributed by atoms with van der Waals surface area (Å²) in [5.74, 6) is 0.496. The zero-order valence-electron chi connectivity index (χ0n) is 10.3. The molecule has 0 aromatic heterocycles. The highest BCUT2D eigenvalue weighted by atomic mass is 16.7. The maximum Gasteiger partial charge on any atom is 0.169 e. The molecule has 1 N–H and O–H groups in total. The first kappa shape index (κ1) is 13.2. The van der Waals surface area contributed by atoms with Crippen LogP contribution >= 0.6 is 0 Å². The van der Waals surface area contributed by atoms with Gasteiger partial charge in [-0.2, -0.15) is 0 Å². The Morgan fingerprint density at radius 2 is 1.69 bits per heavy atom. The van der Waals surface area contributed by atoms with E-state index in [2.05, 4.69) is 36.5 Å². The molecule has 1 aromatic carbocycles. The summed E-state index contributed by atoms with van der Waals surface area (Å²) in [6.45, 7) is 3.84. The lowest BCUT2D eigenvalue weighted by Crippen LogP contribution is -2.32. The predicted molar refractivity (Wildman–Crippen MR) is 65.5 cm³/mol. The van der Waals surface area contributed by atoms with Crippen LogP contribution in [0.25, 0.3) is 0 Å². The molecule has 0 heterocycles. The van der Waals surface area contributed by atoms with Crippen molar-refractivity contribution in [1.82, 2.24) is 5.32 Å². The van der Waals surface area contributed by atoms with E-state index >= 15 is 0 Å². The van der Waals surface area contributed by atoms with Crippen LogP contribution in [0.2, 0.25) is 0 Å². The van der Waals surface area contributed by atoms with Crippen molar-refractivity contribution in [3.05, 3.63) is 35.9 Å². The Morgan fingerprint density at radius 1 is 1.06 bits per heavy atom. The van der Waals surface area contributed by atoms with E-state index in [4.69, 9.17) is 9.47 Å². The van der Waals surface area contributed by atoms with Gasteiger partial charge in [0.25, 0.3) is 0 Å². The average molecular weight is 223 g/mol. The fourth-order valence-corrected chi connectivity index (χ4v) is 1.58. The maximum absolute atomic E-state index is 5.10. The van der Waals surface area contributed by atoms with Crippen LogP contribution in [0.15, 0.2) is 30.3 Å². The first-order valence-electron chi connectivity index (χ1n) is 5.59. The van der Waals surface area contributed by atoms with Crippen LogP contribution in [0.5, 0.6) is 0 Å². The van der Waals surface area contributed by atoms with Gasteiger partial charge in [-0.05, 0) is 11.5 Å². The molecule has 3 heteroatoms. The van der Waals surface area contributed by atoms with E-state index in [9.17, 15) is 0 Å². The summed E-state index contributed by atoms with van der Waals surface area (Å²) in [5.41, 5.74) is 1.35. The van der Waals surface area contributed by atoms with Gasteiger partial charge in [-0.25, -0.2) is 0 Å². The number of nitrogens with one attached hydrogen (secondary N) is 1. The van der Waals surface area contributed by atoms with Crippen LogP contribution in [0.1, 0.15) is 18.4 Å². The molecular weight excluding hydrogens is 202 g/mol. The minimum Gasteiger partial charge on any atom is -0.355 e. The first-order valence-corrected chi connectivity index (χ1v) is 5.59. The number of methoxy groups -OCH3 is 2. The smallest absolute Gasteiger partial charge is 0.169 e. The molecule has 0 aliphatic carbocycles. The molecule has 3 nitrogen and oxygen atoms in total. The van der Waals surface area contributed by atoms with E-state index in [-0.39, 0.29) is 6.29 Å². The van der Waals surface area contributed by atoms with Gasteiger partial charge >= 0.3 is 0 Å². The predicted octanol–water partition coefficient (Wildman–Crippen LogP) is 2.00. The van der Waals surface area contributed by atoms with E-state index in [0.29, 0.717) is 12.5 Å². The van der Waals surface area contributed by atoms with Crippen molar-refractivity contribution in [3.63, 3.8) is 0 Å². The molecular formula is C13H21NO2. The summed E-state index contributed by atoms with van der Waals surface area (Å²) in [4.78, 5) is 0. The molecule has 0 radical (unpaired) electrons. The number of benzene rings is 1. The Hall–Kier alpha value is -0.900. The molecule has 0 saturated carbocycles. The summed E-state index contributed by atoms with van der Waals surface area (Å²) < 4.78 is 10.2. The SMILES string of the molecule is COC(CNCC(C)c1ccccc1)OC. The van der Waals surface area contributed by atoms with Crippen molar-refractivity contribution in [2.24, 2.45) is 0 Å². The van der Waals surface area contributed by atoms with Gasteiger partial charge in [0.05, 0.1) is 0 Å². The van der Waals surface area contributed by atoms with Crippen molar-refractivity contribution < 1.29 is 9.47 Å². The number of hydrogen-bond donors (Lipinski definition) is 1. The van der Waals surface area contributed by atoms with Crippen LogP contribution in [-0.4, -0.2) is 33.6 Å². The lowest BCUT2D eigenvalue weighted by molar-refractivity contribution is -0.0987. The summed E-state index contributed by atoms with van der Waals surface area (Å²) in [7, 11) is 3.30. The minimum absolute atomic E-state index is 0.164. The van der Waals surface area contributed by atoms with Crippen LogP contribution in [0.3, 0.4) is 0 Å². The zero-order chi connectivity index (χ0) is 11.8. The van der Waals surface area contributed by atoms with E-state index in [1.165, 1.54) is 5.56 Å². The van der Waals surface area contributed by atoms with Gasteiger partial charge < -0.3 is 14.8 Å². The van der Waals surface area contributed by atoms with Gasteiger partial charge in [-0.1, -0.05) is 37.3 Å². The summed E-state index contributed by atoms with van der Waals surface area (Å²) in [5, 5.41) is 3.34. The third-order valence-corrected chi connectivity index (χ3v) is 2.66. The molecule has 0 saturated heterocycles. The fraction of sp³-hybridized carbons (Fsp3) is 0.538. The third-order valence-electron chi connectivity index (χ3n) is 2.66. The molecule has 1 unspecified atom stereocenters. The Balaban J connectivity index is 2.28. The van der Waals surface area contributed by atoms with E-state index in [1.807, 2.05) is 6.07 Å². The lowest BCUT2D eigenvalue weighted by atomic mass is 10.0. The summed E-state index contributed by atoms with van der Waals surface area (Å²) in [6, 6.07) is 10.5. The molecule has 0 bridgehead atoms. The molecule has 1 rings (SSSR count). The van der Waals surface area contributed by atoms with Crippen molar-refractivity contribution in [1.29, 1.82) is 0 Å². The minimum atomic E-state index is -0.164. The van der Waals surface area contributed by atoms with Crippen LogP contribution in [0.4, 0.5) is 0 Å². The Kier molecular flexibility index (Phi) is 6.08. The topological polar surface area (TPSA) is 30.5 Å². The molecule has 0 aliphatic rings. The molecule has 0 aliphatic heterocycles. The Bertz CT molecular complexity index is 273. The second kappa shape index (κ2) is 7.39. The molecule has 1 aromatic rings. The second-order valence-corrected chi connectivity index (χ2v) is 3.87. The van der Waals surface area contributed by atoms with Gasteiger partial charge in [0, 0.05) is 27.3 Å². The summed E-state index contributed by atoms with van der Waals surface area (Å²) in [6.07, 6.45) is -0.164. The molecule has 16 heavy (non-hydrogen) atoms. The van der Waals surface area contributed by atoms with Crippen LogP contribution in [0, 0.1) is 0 Å². The highest BCUT2D eigenvalue weighted by Gasteiger charge is 2.07. The molecule has 0 amide bonds. The molecule has 1 atom stereocenters. The van der Waals surface area contributed by atoms with Gasteiger partial charge in [0.1, 0.15) is 0 Å². The maximum atomic E-state index is 5.10. The van der Waals surface area contributed by atoms with E-state index in [0.717, 1.165) is 6.54 Å². The number of rotatable bonds is 7.